The summed E-state index contributed by atoms with van der Waals surface area (Å²) in [5.41, 5.74) is -0.355. The van der Waals surface area contributed by atoms with Crippen molar-refractivity contribution in [1.29, 1.82) is 0 Å². The van der Waals surface area contributed by atoms with Gasteiger partial charge in [0.25, 0.3) is 5.91 Å². The van der Waals surface area contributed by atoms with Gasteiger partial charge in [-0.3, -0.25) is 9.59 Å². The summed E-state index contributed by atoms with van der Waals surface area (Å²) < 4.78 is 10.4. The monoisotopic (exact) mass is 307 g/mol. The van der Waals surface area contributed by atoms with Crippen LogP contribution in [0.3, 0.4) is 0 Å². The number of methoxy groups -OCH3 is 1. The summed E-state index contributed by atoms with van der Waals surface area (Å²) in [6, 6.07) is 6.91. The molecule has 0 aliphatic carbocycles. The average molecular weight is 307 g/mol. The van der Waals surface area contributed by atoms with Gasteiger partial charge in [-0.2, -0.15) is 0 Å². The van der Waals surface area contributed by atoms with E-state index in [1.54, 1.807) is 43.2 Å². The Morgan fingerprint density at radius 3 is 2.77 bits per heavy atom. The molecule has 0 saturated carbocycles. The Hall–Kier alpha value is -2.08. The van der Waals surface area contributed by atoms with Crippen LogP contribution < -0.4 is 4.74 Å². The van der Waals surface area contributed by atoms with Crippen molar-refractivity contribution in [3.63, 3.8) is 0 Å². The number of carboxylic acids is 1. The van der Waals surface area contributed by atoms with Crippen LogP contribution in [-0.4, -0.2) is 55.3 Å². The lowest BCUT2D eigenvalue weighted by Gasteiger charge is -2.20. The molecule has 1 amide bonds. The molecule has 6 nitrogen and oxygen atoms in total. The summed E-state index contributed by atoms with van der Waals surface area (Å²) in [5.74, 6) is -0.426. The molecule has 1 aromatic carbocycles. The zero-order chi connectivity index (χ0) is 16.2. The molecule has 0 aromatic heterocycles. The van der Waals surface area contributed by atoms with Gasteiger partial charge in [-0.05, 0) is 31.5 Å². The van der Waals surface area contributed by atoms with Crippen LogP contribution in [0.2, 0.25) is 0 Å². The van der Waals surface area contributed by atoms with Crippen LogP contribution in [0.4, 0.5) is 0 Å². The molecule has 0 radical (unpaired) electrons. The fourth-order valence-corrected chi connectivity index (χ4v) is 2.45. The fraction of sp³-hybridized carbons (Fsp3) is 0.500. The number of hydrogen-bond donors (Lipinski definition) is 1. The summed E-state index contributed by atoms with van der Waals surface area (Å²) in [5, 5.41) is 9.24. The zero-order valence-electron chi connectivity index (χ0n) is 12.9. The zero-order valence-corrected chi connectivity index (χ0v) is 12.9. The molecule has 1 aliphatic rings. The number of carbonyl (C=O) groups is 2. The van der Waals surface area contributed by atoms with Crippen molar-refractivity contribution >= 4 is 11.9 Å². The first-order valence-electron chi connectivity index (χ1n) is 7.21. The number of rotatable bonds is 6. The van der Waals surface area contributed by atoms with Crippen molar-refractivity contribution in [2.45, 2.75) is 13.3 Å². The van der Waals surface area contributed by atoms with Gasteiger partial charge in [0.15, 0.2) is 0 Å². The standard InChI is InChI=1S/C16H21NO5/c1-16(15(19)20)6-7-17(11-16)14(18)12-4-3-5-13(10-12)22-9-8-21-2/h3-5,10H,6-9,11H2,1-2H3,(H,19,20)/t16-/m0/s1. The average Bonchev–Trinajstić information content (AvgIpc) is 2.91. The summed E-state index contributed by atoms with van der Waals surface area (Å²) >= 11 is 0. The van der Waals surface area contributed by atoms with Gasteiger partial charge in [0, 0.05) is 25.8 Å². The Labute approximate surface area is 129 Å². The van der Waals surface area contributed by atoms with E-state index in [1.807, 2.05) is 0 Å². The fourth-order valence-electron chi connectivity index (χ4n) is 2.45. The number of likely N-dealkylation sites (tertiary alicyclic amines) is 1. The van der Waals surface area contributed by atoms with Crippen LogP contribution in [0.5, 0.6) is 5.75 Å². The number of hydrogen-bond acceptors (Lipinski definition) is 4. The molecule has 1 aromatic rings. The summed E-state index contributed by atoms with van der Waals surface area (Å²) in [7, 11) is 1.59. The molecule has 1 saturated heterocycles. The second kappa shape index (κ2) is 6.79. The molecule has 1 N–H and O–H groups in total. The van der Waals surface area contributed by atoms with E-state index in [2.05, 4.69) is 0 Å². The Bertz CT molecular complexity index is 559. The Morgan fingerprint density at radius 2 is 2.14 bits per heavy atom. The largest absolute Gasteiger partial charge is 0.491 e. The third-order valence-corrected chi connectivity index (χ3v) is 3.91. The molecule has 0 unspecified atom stereocenters. The van der Waals surface area contributed by atoms with Crippen LogP contribution in [0.1, 0.15) is 23.7 Å². The molecule has 1 fully saturated rings. The Kier molecular flexibility index (Phi) is 5.03. The maximum Gasteiger partial charge on any atom is 0.311 e. The van der Waals surface area contributed by atoms with Gasteiger partial charge in [-0.25, -0.2) is 0 Å². The van der Waals surface area contributed by atoms with Crippen LogP contribution in [-0.2, 0) is 9.53 Å². The highest BCUT2D eigenvalue weighted by atomic mass is 16.5. The van der Waals surface area contributed by atoms with Crippen molar-refractivity contribution < 1.29 is 24.2 Å². The van der Waals surface area contributed by atoms with Crippen molar-refractivity contribution in [3.05, 3.63) is 29.8 Å². The second-order valence-corrected chi connectivity index (χ2v) is 5.71. The van der Waals surface area contributed by atoms with E-state index in [1.165, 1.54) is 0 Å². The first-order valence-corrected chi connectivity index (χ1v) is 7.21. The lowest BCUT2D eigenvalue weighted by atomic mass is 9.90. The van der Waals surface area contributed by atoms with E-state index in [9.17, 15) is 14.7 Å². The van der Waals surface area contributed by atoms with Crippen molar-refractivity contribution in [1.82, 2.24) is 4.90 Å². The van der Waals surface area contributed by atoms with Crippen LogP contribution >= 0.6 is 0 Å². The molecule has 22 heavy (non-hydrogen) atoms. The second-order valence-electron chi connectivity index (χ2n) is 5.71. The minimum Gasteiger partial charge on any atom is -0.491 e. The minimum atomic E-state index is -0.862. The van der Waals surface area contributed by atoms with E-state index in [-0.39, 0.29) is 12.5 Å². The quantitative estimate of drug-likeness (QED) is 0.809. The molecule has 1 heterocycles. The SMILES string of the molecule is COCCOc1cccc(C(=O)N2CC[C@](C)(C(=O)O)C2)c1. The maximum atomic E-state index is 12.5. The van der Waals surface area contributed by atoms with Gasteiger partial charge in [0.2, 0.25) is 0 Å². The molecular formula is C16H21NO5. The molecular weight excluding hydrogens is 286 g/mol. The van der Waals surface area contributed by atoms with Gasteiger partial charge < -0.3 is 19.5 Å². The molecule has 0 spiro atoms. The van der Waals surface area contributed by atoms with Crippen molar-refractivity contribution in [2.24, 2.45) is 5.41 Å². The molecule has 1 aliphatic heterocycles. The molecule has 120 valence electrons. The molecule has 0 bridgehead atoms. The van der Waals surface area contributed by atoms with E-state index in [0.717, 1.165) is 0 Å². The highest BCUT2D eigenvalue weighted by Gasteiger charge is 2.42. The number of benzene rings is 1. The van der Waals surface area contributed by atoms with Gasteiger partial charge in [-0.15, -0.1) is 0 Å². The van der Waals surface area contributed by atoms with Gasteiger partial charge in [0.05, 0.1) is 12.0 Å². The smallest absolute Gasteiger partial charge is 0.311 e. The summed E-state index contributed by atoms with van der Waals surface area (Å²) in [4.78, 5) is 25.3. The third-order valence-electron chi connectivity index (χ3n) is 3.91. The predicted octanol–water partition coefficient (Wildman–Crippen LogP) is 1.65. The predicted molar refractivity (Wildman–Crippen MR) is 80.1 cm³/mol. The number of aliphatic carboxylic acids is 1. The number of nitrogens with zero attached hydrogens (tertiary/aromatic N) is 1. The lowest BCUT2D eigenvalue weighted by molar-refractivity contribution is -0.147. The number of carboxylic acid groups (broad SMARTS) is 1. The molecule has 2 rings (SSSR count). The normalized spacial score (nSPS) is 20.9. The minimum absolute atomic E-state index is 0.165. The lowest BCUT2D eigenvalue weighted by Crippen LogP contribution is -2.34. The highest BCUT2D eigenvalue weighted by Crippen LogP contribution is 2.31. The van der Waals surface area contributed by atoms with Crippen molar-refractivity contribution in [3.8, 4) is 5.75 Å². The maximum absolute atomic E-state index is 12.5. The number of amides is 1. The van der Waals surface area contributed by atoms with Crippen LogP contribution in [0, 0.1) is 5.41 Å². The van der Waals surface area contributed by atoms with E-state index in [0.29, 0.717) is 37.5 Å². The summed E-state index contributed by atoms with van der Waals surface area (Å²) in [6.45, 7) is 3.25. The summed E-state index contributed by atoms with van der Waals surface area (Å²) in [6.07, 6.45) is 0.470. The van der Waals surface area contributed by atoms with Gasteiger partial charge >= 0.3 is 5.97 Å². The van der Waals surface area contributed by atoms with E-state index < -0.39 is 11.4 Å². The number of ether oxygens (including phenoxy) is 2. The molecule has 1 atom stereocenters. The number of carbonyl (C=O) groups excluding carboxylic acids is 1. The first kappa shape index (κ1) is 16.3. The molecule has 6 heteroatoms. The Balaban J connectivity index is 2.04. The highest BCUT2D eigenvalue weighted by molar-refractivity contribution is 5.95. The Morgan fingerprint density at radius 1 is 1.36 bits per heavy atom. The van der Waals surface area contributed by atoms with Crippen LogP contribution in [0.25, 0.3) is 0 Å². The van der Waals surface area contributed by atoms with Gasteiger partial charge in [0.1, 0.15) is 12.4 Å². The van der Waals surface area contributed by atoms with E-state index in [4.69, 9.17) is 9.47 Å². The van der Waals surface area contributed by atoms with Crippen molar-refractivity contribution in [2.75, 3.05) is 33.4 Å². The van der Waals surface area contributed by atoms with Gasteiger partial charge in [-0.1, -0.05) is 6.07 Å². The first-order chi connectivity index (χ1) is 10.5. The third kappa shape index (κ3) is 3.57. The van der Waals surface area contributed by atoms with Crippen LogP contribution in [0.15, 0.2) is 24.3 Å². The topological polar surface area (TPSA) is 76.1 Å². The van der Waals surface area contributed by atoms with E-state index >= 15 is 0 Å².